The Labute approximate surface area is 181 Å². The fourth-order valence-electron chi connectivity index (χ4n) is 2.64. The van der Waals surface area contributed by atoms with Gasteiger partial charge in [0.05, 0.1) is 19.9 Å². The highest BCUT2D eigenvalue weighted by molar-refractivity contribution is 6.30. The number of carbonyl (C=O) groups excluding carboxylic acids is 2. The maximum absolute atomic E-state index is 12.6. The van der Waals surface area contributed by atoms with Gasteiger partial charge in [0.15, 0.2) is 11.5 Å². The summed E-state index contributed by atoms with van der Waals surface area (Å²) in [6, 6.07) is 11.0. The molecule has 2 N–H and O–H groups in total. The highest BCUT2D eigenvalue weighted by Gasteiger charge is 2.24. The third-order valence-electron chi connectivity index (χ3n) is 4.22. The molecule has 0 fully saturated rings. The maximum Gasteiger partial charge on any atom is 0.262 e. The largest absolute Gasteiger partial charge is 0.493 e. The van der Waals surface area contributed by atoms with Gasteiger partial charge in [0.1, 0.15) is 6.04 Å². The van der Waals surface area contributed by atoms with Crippen molar-refractivity contribution in [2.24, 2.45) is 11.0 Å². The van der Waals surface area contributed by atoms with Gasteiger partial charge in [0.2, 0.25) is 0 Å². The maximum atomic E-state index is 12.6. The highest BCUT2D eigenvalue weighted by atomic mass is 35.5. The first-order valence-electron chi connectivity index (χ1n) is 9.55. The molecule has 2 amide bonds. The lowest BCUT2D eigenvalue weighted by atomic mass is 10.0. The fraction of sp³-hybridized carbons (Fsp3) is 0.318. The van der Waals surface area contributed by atoms with Crippen molar-refractivity contribution in [2.45, 2.75) is 26.8 Å². The van der Waals surface area contributed by atoms with Crippen molar-refractivity contribution in [1.82, 2.24) is 10.7 Å². The van der Waals surface area contributed by atoms with Gasteiger partial charge in [-0.1, -0.05) is 25.4 Å². The number of hydrogen-bond donors (Lipinski definition) is 2. The number of carbonyl (C=O) groups is 2. The molecule has 0 aliphatic heterocycles. The minimum atomic E-state index is -0.750. The first kappa shape index (κ1) is 23.2. The average Bonchev–Trinajstić information content (AvgIpc) is 2.73. The average molecular weight is 432 g/mol. The molecule has 160 valence electrons. The fourth-order valence-corrected chi connectivity index (χ4v) is 2.77. The lowest BCUT2D eigenvalue weighted by Gasteiger charge is -2.20. The third kappa shape index (κ3) is 6.49. The molecule has 0 saturated heterocycles. The van der Waals surface area contributed by atoms with Crippen molar-refractivity contribution in [1.29, 1.82) is 0 Å². The van der Waals surface area contributed by atoms with Gasteiger partial charge in [-0.3, -0.25) is 9.59 Å². The van der Waals surface area contributed by atoms with E-state index < -0.39 is 11.9 Å². The van der Waals surface area contributed by atoms with E-state index in [1.807, 2.05) is 20.8 Å². The number of benzene rings is 2. The van der Waals surface area contributed by atoms with Crippen LogP contribution in [0.25, 0.3) is 0 Å². The Morgan fingerprint density at radius 1 is 1.13 bits per heavy atom. The topological polar surface area (TPSA) is 89.0 Å². The van der Waals surface area contributed by atoms with Crippen LogP contribution in [0.4, 0.5) is 0 Å². The zero-order chi connectivity index (χ0) is 22.1. The first-order chi connectivity index (χ1) is 14.3. The minimum Gasteiger partial charge on any atom is -0.493 e. The molecular formula is C22H26ClN3O4. The number of hydrogen-bond acceptors (Lipinski definition) is 5. The van der Waals surface area contributed by atoms with Crippen LogP contribution in [0.15, 0.2) is 47.6 Å². The van der Waals surface area contributed by atoms with E-state index in [4.69, 9.17) is 21.1 Å². The standard InChI is InChI=1S/C22H26ClN3O4/c1-5-30-18-11-6-15(12-19(18)29-4)13-24-26-22(28)20(14(2)3)25-21(27)16-7-9-17(23)10-8-16/h6-14,20H,5H2,1-4H3,(H,25,27)(H,26,28). The molecule has 0 radical (unpaired) electrons. The summed E-state index contributed by atoms with van der Waals surface area (Å²) in [5.74, 6) is 0.289. The van der Waals surface area contributed by atoms with E-state index in [-0.39, 0.29) is 11.8 Å². The van der Waals surface area contributed by atoms with Gasteiger partial charge in [-0.15, -0.1) is 0 Å². The molecule has 1 unspecified atom stereocenters. The zero-order valence-electron chi connectivity index (χ0n) is 17.4. The molecule has 0 heterocycles. The second kappa shape index (κ2) is 11.2. The van der Waals surface area contributed by atoms with Crippen LogP contribution in [0.2, 0.25) is 5.02 Å². The highest BCUT2D eigenvalue weighted by Crippen LogP contribution is 2.27. The van der Waals surface area contributed by atoms with Crippen LogP contribution in [-0.2, 0) is 4.79 Å². The van der Waals surface area contributed by atoms with E-state index >= 15 is 0 Å². The molecule has 2 rings (SSSR count). The van der Waals surface area contributed by atoms with Gasteiger partial charge in [-0.2, -0.15) is 5.10 Å². The number of ether oxygens (including phenoxy) is 2. The molecule has 0 saturated carbocycles. The van der Waals surface area contributed by atoms with Gasteiger partial charge < -0.3 is 14.8 Å². The van der Waals surface area contributed by atoms with Crippen molar-refractivity contribution in [3.05, 3.63) is 58.6 Å². The van der Waals surface area contributed by atoms with Gasteiger partial charge in [0.25, 0.3) is 11.8 Å². The number of rotatable bonds is 9. The molecule has 2 aromatic rings. The first-order valence-corrected chi connectivity index (χ1v) is 9.93. The van der Waals surface area contributed by atoms with Gasteiger partial charge in [0, 0.05) is 10.6 Å². The molecule has 0 aliphatic rings. The summed E-state index contributed by atoms with van der Waals surface area (Å²) in [7, 11) is 1.55. The quantitative estimate of drug-likeness (QED) is 0.468. The number of halogens is 1. The van der Waals surface area contributed by atoms with Crippen LogP contribution in [0, 0.1) is 5.92 Å². The second-order valence-corrected chi connectivity index (χ2v) is 7.22. The second-order valence-electron chi connectivity index (χ2n) is 6.78. The molecule has 0 bridgehead atoms. The molecule has 2 aromatic carbocycles. The molecular weight excluding hydrogens is 406 g/mol. The van der Waals surface area contributed by atoms with Crippen LogP contribution in [0.3, 0.4) is 0 Å². The number of amides is 2. The molecule has 0 aliphatic carbocycles. The molecule has 7 nitrogen and oxygen atoms in total. The number of nitrogens with zero attached hydrogens (tertiary/aromatic N) is 1. The summed E-state index contributed by atoms with van der Waals surface area (Å²) < 4.78 is 10.8. The number of nitrogens with one attached hydrogen (secondary N) is 2. The van der Waals surface area contributed by atoms with Crippen LogP contribution in [0.5, 0.6) is 11.5 Å². The molecule has 30 heavy (non-hydrogen) atoms. The van der Waals surface area contributed by atoms with Gasteiger partial charge in [-0.25, -0.2) is 5.43 Å². The van der Waals surface area contributed by atoms with E-state index in [9.17, 15) is 9.59 Å². The zero-order valence-corrected chi connectivity index (χ0v) is 18.2. The van der Waals surface area contributed by atoms with Crippen molar-refractivity contribution >= 4 is 29.6 Å². The summed E-state index contributed by atoms with van der Waals surface area (Å²) in [6.07, 6.45) is 1.49. The van der Waals surface area contributed by atoms with Crippen LogP contribution >= 0.6 is 11.6 Å². The Kier molecular flexibility index (Phi) is 8.68. The van der Waals surface area contributed by atoms with E-state index in [0.717, 1.165) is 5.56 Å². The Bertz CT molecular complexity index is 898. The number of methoxy groups -OCH3 is 1. The summed E-state index contributed by atoms with van der Waals surface area (Å²) in [5.41, 5.74) is 3.62. The van der Waals surface area contributed by atoms with E-state index in [0.29, 0.717) is 28.7 Å². The lowest BCUT2D eigenvalue weighted by molar-refractivity contribution is -0.123. The summed E-state index contributed by atoms with van der Waals surface area (Å²) in [5, 5.41) is 7.27. The van der Waals surface area contributed by atoms with E-state index in [2.05, 4.69) is 15.8 Å². The van der Waals surface area contributed by atoms with Crippen molar-refractivity contribution in [2.75, 3.05) is 13.7 Å². The van der Waals surface area contributed by atoms with Crippen molar-refractivity contribution in [3.63, 3.8) is 0 Å². The Morgan fingerprint density at radius 2 is 1.83 bits per heavy atom. The molecule has 8 heteroatoms. The molecule has 0 aromatic heterocycles. The van der Waals surface area contributed by atoms with Crippen LogP contribution < -0.4 is 20.2 Å². The van der Waals surface area contributed by atoms with Gasteiger partial charge >= 0.3 is 0 Å². The SMILES string of the molecule is CCOc1ccc(C=NNC(=O)C(NC(=O)c2ccc(Cl)cc2)C(C)C)cc1OC. The summed E-state index contributed by atoms with van der Waals surface area (Å²) in [6.45, 7) is 6.10. The summed E-state index contributed by atoms with van der Waals surface area (Å²) in [4.78, 5) is 25.0. The van der Waals surface area contributed by atoms with E-state index in [1.54, 1.807) is 49.6 Å². The monoisotopic (exact) mass is 431 g/mol. The Balaban J connectivity index is 2.02. The lowest BCUT2D eigenvalue weighted by Crippen LogP contribution is -2.48. The van der Waals surface area contributed by atoms with Gasteiger partial charge in [-0.05, 0) is 60.9 Å². The third-order valence-corrected chi connectivity index (χ3v) is 4.47. The minimum absolute atomic E-state index is 0.137. The Morgan fingerprint density at radius 3 is 2.43 bits per heavy atom. The smallest absolute Gasteiger partial charge is 0.262 e. The van der Waals surface area contributed by atoms with Crippen LogP contribution in [0.1, 0.15) is 36.7 Å². The molecule has 1 atom stereocenters. The summed E-state index contributed by atoms with van der Waals surface area (Å²) >= 11 is 5.85. The van der Waals surface area contributed by atoms with E-state index in [1.165, 1.54) is 6.21 Å². The number of hydrazone groups is 1. The normalized spacial score (nSPS) is 11.9. The van der Waals surface area contributed by atoms with Crippen molar-refractivity contribution < 1.29 is 19.1 Å². The van der Waals surface area contributed by atoms with Crippen molar-refractivity contribution in [3.8, 4) is 11.5 Å². The Hall–Kier alpha value is -3.06. The predicted octanol–water partition coefficient (Wildman–Crippen LogP) is 3.65. The van der Waals surface area contributed by atoms with Crippen LogP contribution in [-0.4, -0.2) is 37.8 Å². The molecule has 0 spiro atoms. The predicted molar refractivity (Wildman–Crippen MR) is 117 cm³/mol.